The first-order valence-electron chi connectivity index (χ1n) is 5.63. The second-order valence-electron chi connectivity index (χ2n) is 4.04. The van der Waals surface area contributed by atoms with Crippen molar-refractivity contribution in [3.63, 3.8) is 0 Å². The van der Waals surface area contributed by atoms with E-state index in [4.69, 9.17) is 5.73 Å². The Morgan fingerprint density at radius 2 is 2.31 bits per heavy atom. The Bertz CT molecular complexity index is 324. The zero-order valence-corrected chi connectivity index (χ0v) is 11.0. The summed E-state index contributed by atoms with van der Waals surface area (Å²) in [5.41, 5.74) is 5.83. The molecule has 0 spiro atoms. The highest BCUT2D eigenvalue weighted by Gasteiger charge is 2.22. The SMILES string of the molecule is CCC[C@H](N)C(=O)N(C)C(C)c1cccs1. The largest absolute Gasteiger partial charge is 0.337 e. The Kier molecular flexibility index (Phi) is 4.96. The monoisotopic (exact) mass is 240 g/mol. The summed E-state index contributed by atoms with van der Waals surface area (Å²) in [6.45, 7) is 4.07. The van der Waals surface area contributed by atoms with Gasteiger partial charge in [0.25, 0.3) is 0 Å². The van der Waals surface area contributed by atoms with E-state index in [1.807, 2.05) is 38.4 Å². The fourth-order valence-corrected chi connectivity index (χ4v) is 2.43. The maximum atomic E-state index is 12.0. The second-order valence-corrected chi connectivity index (χ2v) is 5.01. The summed E-state index contributed by atoms with van der Waals surface area (Å²) in [6, 6.07) is 3.79. The number of likely N-dealkylation sites (N-methyl/N-ethyl adjacent to an activating group) is 1. The average Bonchev–Trinajstić information content (AvgIpc) is 2.79. The van der Waals surface area contributed by atoms with Gasteiger partial charge in [-0.3, -0.25) is 4.79 Å². The van der Waals surface area contributed by atoms with Crippen LogP contribution in [0.2, 0.25) is 0 Å². The maximum Gasteiger partial charge on any atom is 0.239 e. The van der Waals surface area contributed by atoms with Gasteiger partial charge in [-0.2, -0.15) is 0 Å². The molecule has 0 fully saturated rings. The number of carbonyl (C=O) groups excluding carboxylic acids is 1. The zero-order valence-electron chi connectivity index (χ0n) is 10.1. The summed E-state index contributed by atoms with van der Waals surface area (Å²) < 4.78 is 0. The van der Waals surface area contributed by atoms with Gasteiger partial charge < -0.3 is 10.6 Å². The quantitative estimate of drug-likeness (QED) is 0.859. The molecular weight excluding hydrogens is 220 g/mol. The topological polar surface area (TPSA) is 46.3 Å². The number of nitrogens with two attached hydrogens (primary N) is 1. The fraction of sp³-hybridized carbons (Fsp3) is 0.583. The molecule has 1 amide bonds. The van der Waals surface area contributed by atoms with Crippen LogP contribution >= 0.6 is 11.3 Å². The van der Waals surface area contributed by atoms with Crippen LogP contribution in [0.25, 0.3) is 0 Å². The molecule has 4 heteroatoms. The highest BCUT2D eigenvalue weighted by Crippen LogP contribution is 2.23. The van der Waals surface area contributed by atoms with E-state index in [9.17, 15) is 4.79 Å². The lowest BCUT2D eigenvalue weighted by Gasteiger charge is -2.26. The summed E-state index contributed by atoms with van der Waals surface area (Å²) >= 11 is 1.67. The molecule has 1 aromatic rings. The molecule has 0 aliphatic heterocycles. The maximum absolute atomic E-state index is 12.0. The van der Waals surface area contributed by atoms with E-state index in [0.717, 1.165) is 12.8 Å². The van der Waals surface area contributed by atoms with Crippen molar-refractivity contribution in [3.05, 3.63) is 22.4 Å². The van der Waals surface area contributed by atoms with Crippen LogP contribution in [-0.4, -0.2) is 23.9 Å². The van der Waals surface area contributed by atoms with Crippen molar-refractivity contribution < 1.29 is 4.79 Å². The Morgan fingerprint density at radius 1 is 1.62 bits per heavy atom. The predicted molar refractivity (Wildman–Crippen MR) is 68.4 cm³/mol. The van der Waals surface area contributed by atoms with Crippen molar-refractivity contribution in [1.29, 1.82) is 0 Å². The Hall–Kier alpha value is -0.870. The minimum absolute atomic E-state index is 0.0303. The van der Waals surface area contributed by atoms with Crippen LogP contribution in [0.3, 0.4) is 0 Å². The van der Waals surface area contributed by atoms with E-state index in [0.29, 0.717) is 0 Å². The van der Waals surface area contributed by atoms with Gasteiger partial charge in [0.1, 0.15) is 0 Å². The van der Waals surface area contributed by atoms with Gasteiger partial charge in [0, 0.05) is 11.9 Å². The molecule has 0 aliphatic rings. The van der Waals surface area contributed by atoms with Crippen molar-refractivity contribution in [1.82, 2.24) is 4.90 Å². The molecule has 1 heterocycles. The summed E-state index contributed by atoms with van der Waals surface area (Å²) in [7, 11) is 1.82. The third-order valence-corrected chi connectivity index (χ3v) is 3.84. The van der Waals surface area contributed by atoms with Gasteiger partial charge in [0.05, 0.1) is 12.1 Å². The van der Waals surface area contributed by atoms with Crippen molar-refractivity contribution >= 4 is 17.2 Å². The van der Waals surface area contributed by atoms with Crippen LogP contribution in [-0.2, 0) is 4.79 Å². The number of nitrogens with zero attached hydrogens (tertiary/aromatic N) is 1. The van der Waals surface area contributed by atoms with E-state index in [1.165, 1.54) is 4.88 Å². The van der Waals surface area contributed by atoms with Crippen LogP contribution in [0.15, 0.2) is 17.5 Å². The van der Waals surface area contributed by atoms with Gasteiger partial charge >= 0.3 is 0 Å². The predicted octanol–water partition coefficient (Wildman–Crippen LogP) is 2.39. The molecule has 90 valence electrons. The van der Waals surface area contributed by atoms with E-state index in [1.54, 1.807) is 16.2 Å². The van der Waals surface area contributed by atoms with E-state index < -0.39 is 0 Å². The molecule has 2 atom stereocenters. The van der Waals surface area contributed by atoms with Gasteiger partial charge in [-0.25, -0.2) is 0 Å². The molecule has 3 nitrogen and oxygen atoms in total. The molecule has 0 aromatic carbocycles. The van der Waals surface area contributed by atoms with Gasteiger partial charge in [0.15, 0.2) is 0 Å². The minimum Gasteiger partial charge on any atom is -0.337 e. The van der Waals surface area contributed by atoms with Gasteiger partial charge in [-0.15, -0.1) is 11.3 Å². The number of rotatable bonds is 5. The molecular formula is C12H20N2OS. The average molecular weight is 240 g/mol. The lowest BCUT2D eigenvalue weighted by molar-refractivity contribution is -0.133. The van der Waals surface area contributed by atoms with E-state index in [-0.39, 0.29) is 18.0 Å². The van der Waals surface area contributed by atoms with Gasteiger partial charge in [-0.05, 0) is 24.8 Å². The van der Waals surface area contributed by atoms with Crippen molar-refractivity contribution in [2.75, 3.05) is 7.05 Å². The van der Waals surface area contributed by atoms with Crippen molar-refractivity contribution in [2.24, 2.45) is 5.73 Å². The Balaban J connectivity index is 2.63. The second kappa shape index (κ2) is 6.01. The van der Waals surface area contributed by atoms with Crippen LogP contribution in [0.5, 0.6) is 0 Å². The highest BCUT2D eigenvalue weighted by atomic mass is 32.1. The molecule has 0 aliphatic carbocycles. The molecule has 1 aromatic heterocycles. The number of amides is 1. The summed E-state index contributed by atoms with van der Waals surface area (Å²) in [5, 5.41) is 2.02. The Morgan fingerprint density at radius 3 is 2.81 bits per heavy atom. The number of hydrogen-bond acceptors (Lipinski definition) is 3. The lowest BCUT2D eigenvalue weighted by Crippen LogP contribution is -2.42. The Labute approximate surface area is 101 Å². The molecule has 0 saturated heterocycles. The lowest BCUT2D eigenvalue weighted by atomic mass is 10.1. The van der Waals surface area contributed by atoms with E-state index >= 15 is 0 Å². The molecule has 1 rings (SSSR count). The molecule has 0 bridgehead atoms. The molecule has 1 unspecified atom stereocenters. The van der Waals surface area contributed by atoms with Crippen molar-refractivity contribution in [3.8, 4) is 0 Å². The number of carbonyl (C=O) groups is 1. The van der Waals surface area contributed by atoms with Crippen LogP contribution in [0.4, 0.5) is 0 Å². The van der Waals surface area contributed by atoms with Crippen LogP contribution in [0.1, 0.15) is 37.6 Å². The van der Waals surface area contributed by atoms with Gasteiger partial charge in [-0.1, -0.05) is 19.4 Å². The fourth-order valence-electron chi connectivity index (χ4n) is 1.61. The minimum atomic E-state index is -0.364. The van der Waals surface area contributed by atoms with Crippen LogP contribution < -0.4 is 5.73 Å². The first-order chi connectivity index (χ1) is 7.57. The molecule has 0 saturated carbocycles. The first-order valence-corrected chi connectivity index (χ1v) is 6.51. The normalized spacial score (nSPS) is 14.5. The molecule has 16 heavy (non-hydrogen) atoms. The van der Waals surface area contributed by atoms with Gasteiger partial charge in [0.2, 0.25) is 5.91 Å². The van der Waals surface area contributed by atoms with Crippen LogP contribution in [0, 0.1) is 0 Å². The summed E-state index contributed by atoms with van der Waals surface area (Å²) in [5.74, 6) is 0.0303. The third kappa shape index (κ3) is 3.06. The summed E-state index contributed by atoms with van der Waals surface area (Å²) in [4.78, 5) is 14.9. The summed E-state index contributed by atoms with van der Waals surface area (Å²) in [6.07, 6.45) is 1.69. The smallest absolute Gasteiger partial charge is 0.239 e. The molecule has 2 N–H and O–H groups in total. The first kappa shape index (κ1) is 13.2. The molecule has 0 radical (unpaired) electrons. The standard InChI is InChI=1S/C12H20N2OS/c1-4-6-10(13)12(15)14(3)9(2)11-7-5-8-16-11/h5,7-10H,4,6,13H2,1-3H3/t9?,10-/m0/s1. The van der Waals surface area contributed by atoms with Crippen molar-refractivity contribution in [2.45, 2.75) is 38.8 Å². The highest BCUT2D eigenvalue weighted by molar-refractivity contribution is 7.10. The number of thiophene rings is 1. The third-order valence-electron chi connectivity index (χ3n) is 2.80. The zero-order chi connectivity index (χ0) is 12.1. The van der Waals surface area contributed by atoms with E-state index in [2.05, 4.69) is 0 Å². The number of hydrogen-bond donors (Lipinski definition) is 1.